The SMILES string of the molecule is CCC(CNC(=NC)NCCN(C)CC)Oc1cccc(F)c1.I. The van der Waals surface area contributed by atoms with E-state index < -0.39 is 0 Å². The van der Waals surface area contributed by atoms with E-state index in [9.17, 15) is 4.39 Å². The molecule has 0 saturated carbocycles. The van der Waals surface area contributed by atoms with Crippen molar-refractivity contribution < 1.29 is 9.13 Å². The molecule has 0 fully saturated rings. The Labute approximate surface area is 162 Å². The first kappa shape index (κ1) is 22.9. The smallest absolute Gasteiger partial charge is 0.191 e. The molecule has 0 saturated heterocycles. The summed E-state index contributed by atoms with van der Waals surface area (Å²) in [4.78, 5) is 6.42. The molecule has 138 valence electrons. The molecule has 5 nitrogen and oxygen atoms in total. The Balaban J connectivity index is 0.00000529. The van der Waals surface area contributed by atoms with Crippen LogP contribution in [0.3, 0.4) is 0 Å². The van der Waals surface area contributed by atoms with Crippen LogP contribution in [0.4, 0.5) is 4.39 Å². The van der Waals surface area contributed by atoms with E-state index in [0.29, 0.717) is 12.3 Å². The molecule has 0 radical (unpaired) electrons. The van der Waals surface area contributed by atoms with Gasteiger partial charge in [-0.25, -0.2) is 4.39 Å². The number of guanidine groups is 1. The molecule has 0 amide bonds. The number of aliphatic imine (C=N–C) groups is 1. The number of likely N-dealkylation sites (N-methyl/N-ethyl adjacent to an activating group) is 1. The highest BCUT2D eigenvalue weighted by atomic mass is 127. The first-order chi connectivity index (χ1) is 11.1. The van der Waals surface area contributed by atoms with Crippen molar-refractivity contribution >= 4 is 29.9 Å². The predicted octanol–water partition coefficient (Wildman–Crippen LogP) is 2.72. The standard InChI is InChI=1S/C17H29FN4O.HI/c1-5-15(23-16-9-7-8-14(18)12-16)13-21-17(19-3)20-10-11-22(4)6-2;/h7-9,12,15H,5-6,10-11,13H2,1-4H3,(H2,19,20,21);1H. The van der Waals surface area contributed by atoms with E-state index in [0.717, 1.165) is 32.0 Å². The molecular weight excluding hydrogens is 422 g/mol. The molecule has 0 aromatic heterocycles. The zero-order chi connectivity index (χ0) is 17.1. The van der Waals surface area contributed by atoms with Gasteiger partial charge in [0.15, 0.2) is 5.96 Å². The zero-order valence-corrected chi connectivity index (χ0v) is 17.3. The molecule has 0 aliphatic heterocycles. The lowest BCUT2D eigenvalue weighted by Gasteiger charge is -2.20. The quantitative estimate of drug-likeness (QED) is 0.344. The van der Waals surface area contributed by atoms with Crippen molar-refractivity contribution in [2.24, 2.45) is 4.99 Å². The normalized spacial score (nSPS) is 12.5. The van der Waals surface area contributed by atoms with Crippen LogP contribution in [-0.2, 0) is 0 Å². The van der Waals surface area contributed by atoms with Gasteiger partial charge in [-0.05, 0) is 32.1 Å². The van der Waals surface area contributed by atoms with E-state index in [1.807, 2.05) is 6.92 Å². The van der Waals surface area contributed by atoms with Crippen LogP contribution < -0.4 is 15.4 Å². The maximum atomic E-state index is 13.2. The summed E-state index contributed by atoms with van der Waals surface area (Å²) < 4.78 is 19.0. The highest BCUT2D eigenvalue weighted by Crippen LogP contribution is 2.14. The van der Waals surface area contributed by atoms with Gasteiger partial charge >= 0.3 is 0 Å². The first-order valence-electron chi connectivity index (χ1n) is 8.14. The highest BCUT2D eigenvalue weighted by Gasteiger charge is 2.10. The molecule has 2 N–H and O–H groups in total. The molecule has 24 heavy (non-hydrogen) atoms. The fourth-order valence-electron chi connectivity index (χ4n) is 1.96. The van der Waals surface area contributed by atoms with Gasteiger partial charge in [0.25, 0.3) is 0 Å². The van der Waals surface area contributed by atoms with E-state index in [2.05, 4.69) is 34.5 Å². The monoisotopic (exact) mass is 452 g/mol. The predicted molar refractivity (Wildman–Crippen MR) is 109 cm³/mol. The van der Waals surface area contributed by atoms with Gasteiger partial charge in [-0.1, -0.05) is 19.9 Å². The molecule has 0 spiro atoms. The third-order valence-corrected chi connectivity index (χ3v) is 3.60. The van der Waals surface area contributed by atoms with Gasteiger partial charge < -0.3 is 20.3 Å². The molecule has 1 aromatic carbocycles. The summed E-state index contributed by atoms with van der Waals surface area (Å²) in [7, 11) is 3.82. The fourth-order valence-corrected chi connectivity index (χ4v) is 1.96. The Morgan fingerprint density at radius 2 is 2.08 bits per heavy atom. The molecule has 0 heterocycles. The van der Waals surface area contributed by atoms with Crippen LogP contribution in [0.1, 0.15) is 20.3 Å². The van der Waals surface area contributed by atoms with Crippen molar-refractivity contribution in [3.8, 4) is 5.75 Å². The average molecular weight is 452 g/mol. The van der Waals surface area contributed by atoms with Gasteiger partial charge in [-0.15, -0.1) is 24.0 Å². The molecule has 0 aliphatic carbocycles. The fraction of sp³-hybridized carbons (Fsp3) is 0.588. The number of hydrogen-bond acceptors (Lipinski definition) is 3. The number of benzene rings is 1. The molecule has 1 aromatic rings. The van der Waals surface area contributed by atoms with Gasteiger partial charge in [0.2, 0.25) is 0 Å². The number of halogens is 2. The lowest BCUT2D eigenvalue weighted by atomic mass is 10.2. The minimum atomic E-state index is -0.289. The number of nitrogens with zero attached hydrogens (tertiary/aromatic N) is 2. The molecule has 1 rings (SSSR count). The van der Waals surface area contributed by atoms with Crippen LogP contribution in [0.2, 0.25) is 0 Å². The summed E-state index contributed by atoms with van der Waals surface area (Å²) in [6.45, 7) is 7.57. The van der Waals surface area contributed by atoms with Gasteiger partial charge in [-0.2, -0.15) is 0 Å². The van der Waals surface area contributed by atoms with Gasteiger partial charge in [-0.3, -0.25) is 4.99 Å². The molecule has 1 unspecified atom stereocenters. The van der Waals surface area contributed by atoms with Crippen molar-refractivity contribution in [1.82, 2.24) is 15.5 Å². The van der Waals surface area contributed by atoms with E-state index in [-0.39, 0.29) is 35.9 Å². The topological polar surface area (TPSA) is 48.9 Å². The second kappa shape index (κ2) is 13.2. The maximum absolute atomic E-state index is 13.2. The van der Waals surface area contributed by atoms with E-state index in [1.54, 1.807) is 19.2 Å². The average Bonchev–Trinajstić information content (AvgIpc) is 2.56. The Kier molecular flexibility index (Phi) is 12.6. The van der Waals surface area contributed by atoms with Crippen molar-refractivity contribution in [3.05, 3.63) is 30.1 Å². The summed E-state index contributed by atoms with van der Waals surface area (Å²) in [5.41, 5.74) is 0. The van der Waals surface area contributed by atoms with Crippen molar-refractivity contribution in [3.63, 3.8) is 0 Å². The lowest BCUT2D eigenvalue weighted by molar-refractivity contribution is 0.198. The van der Waals surface area contributed by atoms with E-state index in [1.165, 1.54) is 12.1 Å². The summed E-state index contributed by atoms with van der Waals surface area (Å²) in [5.74, 6) is 1.00. The van der Waals surface area contributed by atoms with Crippen LogP contribution in [0.15, 0.2) is 29.3 Å². The minimum absolute atomic E-state index is 0. The molecular formula is C17H30FIN4O. The largest absolute Gasteiger partial charge is 0.489 e. The van der Waals surface area contributed by atoms with Gasteiger partial charge in [0.05, 0.1) is 6.54 Å². The van der Waals surface area contributed by atoms with Crippen LogP contribution in [0.5, 0.6) is 5.75 Å². The Hall–Kier alpha value is -1.09. The second-order valence-corrected chi connectivity index (χ2v) is 5.38. The number of nitrogens with one attached hydrogen (secondary N) is 2. The first-order valence-corrected chi connectivity index (χ1v) is 8.14. The number of hydrogen-bond donors (Lipinski definition) is 2. The third kappa shape index (κ3) is 9.27. The highest BCUT2D eigenvalue weighted by molar-refractivity contribution is 14.0. The van der Waals surface area contributed by atoms with Crippen molar-refractivity contribution in [2.45, 2.75) is 26.4 Å². The second-order valence-electron chi connectivity index (χ2n) is 5.38. The Morgan fingerprint density at radius 1 is 1.33 bits per heavy atom. The van der Waals surface area contributed by atoms with Crippen LogP contribution in [0, 0.1) is 5.82 Å². The summed E-state index contributed by atoms with van der Waals surface area (Å²) >= 11 is 0. The summed E-state index contributed by atoms with van der Waals surface area (Å²) in [5, 5.41) is 6.52. The molecule has 0 aliphatic rings. The molecule has 7 heteroatoms. The van der Waals surface area contributed by atoms with Crippen LogP contribution in [-0.4, -0.2) is 57.2 Å². The maximum Gasteiger partial charge on any atom is 0.191 e. The Morgan fingerprint density at radius 3 is 2.67 bits per heavy atom. The number of ether oxygens (including phenoxy) is 1. The van der Waals surface area contributed by atoms with E-state index >= 15 is 0 Å². The zero-order valence-electron chi connectivity index (χ0n) is 15.0. The summed E-state index contributed by atoms with van der Waals surface area (Å²) in [6, 6.07) is 6.22. The minimum Gasteiger partial charge on any atom is -0.489 e. The Bertz CT molecular complexity index is 487. The molecule has 1 atom stereocenters. The van der Waals surface area contributed by atoms with Crippen LogP contribution >= 0.6 is 24.0 Å². The van der Waals surface area contributed by atoms with Crippen molar-refractivity contribution in [1.29, 1.82) is 0 Å². The summed E-state index contributed by atoms with van der Waals surface area (Å²) in [6.07, 6.45) is 0.771. The van der Waals surface area contributed by atoms with Gasteiger partial charge in [0, 0.05) is 26.2 Å². The molecule has 0 bridgehead atoms. The van der Waals surface area contributed by atoms with Gasteiger partial charge in [0.1, 0.15) is 17.7 Å². The van der Waals surface area contributed by atoms with Crippen LogP contribution in [0.25, 0.3) is 0 Å². The number of rotatable bonds is 9. The van der Waals surface area contributed by atoms with Crippen molar-refractivity contribution in [2.75, 3.05) is 40.3 Å². The van der Waals surface area contributed by atoms with E-state index in [4.69, 9.17) is 4.74 Å². The lowest BCUT2D eigenvalue weighted by Crippen LogP contribution is -2.44. The third-order valence-electron chi connectivity index (χ3n) is 3.60.